The van der Waals surface area contributed by atoms with Gasteiger partial charge in [-0.25, -0.2) is 0 Å². The second kappa shape index (κ2) is 5.89. The first-order chi connectivity index (χ1) is 8.47. The lowest BCUT2D eigenvalue weighted by Crippen LogP contribution is -2.48. The summed E-state index contributed by atoms with van der Waals surface area (Å²) in [7, 11) is 0. The number of piperidine rings is 1. The van der Waals surface area contributed by atoms with E-state index in [4.69, 9.17) is 0 Å². The lowest BCUT2D eigenvalue weighted by molar-refractivity contribution is -0.0239. The molecule has 0 spiro atoms. The van der Waals surface area contributed by atoms with Crippen molar-refractivity contribution in [3.05, 3.63) is 0 Å². The maximum atomic E-state index is 10.3. The van der Waals surface area contributed by atoms with E-state index in [2.05, 4.69) is 25.7 Å². The summed E-state index contributed by atoms with van der Waals surface area (Å²) >= 11 is 0. The molecule has 2 fully saturated rings. The van der Waals surface area contributed by atoms with Crippen molar-refractivity contribution in [3.8, 4) is 0 Å². The molecule has 2 aliphatic rings. The zero-order valence-electron chi connectivity index (χ0n) is 12.0. The van der Waals surface area contributed by atoms with Gasteiger partial charge in [0.05, 0.1) is 12.2 Å². The van der Waals surface area contributed by atoms with Crippen molar-refractivity contribution < 1.29 is 10.2 Å². The topological polar surface area (TPSA) is 43.7 Å². The van der Waals surface area contributed by atoms with Crippen LogP contribution in [0.1, 0.15) is 40.0 Å². The van der Waals surface area contributed by atoms with E-state index in [9.17, 15) is 10.2 Å². The summed E-state index contributed by atoms with van der Waals surface area (Å²) in [6, 6.07) is 0. The van der Waals surface area contributed by atoms with Gasteiger partial charge >= 0.3 is 0 Å². The average molecular weight is 255 g/mol. The Labute approximate surface area is 111 Å². The normalized spacial score (nSPS) is 47.2. The van der Waals surface area contributed by atoms with Crippen molar-refractivity contribution in [1.82, 2.24) is 4.90 Å². The van der Waals surface area contributed by atoms with Gasteiger partial charge in [0.2, 0.25) is 0 Å². The highest BCUT2D eigenvalue weighted by atomic mass is 16.3. The van der Waals surface area contributed by atoms with Gasteiger partial charge in [0, 0.05) is 25.6 Å². The summed E-state index contributed by atoms with van der Waals surface area (Å²) in [4.78, 5) is 2.44. The van der Waals surface area contributed by atoms with Crippen LogP contribution in [0.15, 0.2) is 0 Å². The molecule has 1 aliphatic heterocycles. The molecule has 0 aromatic carbocycles. The molecule has 0 aromatic heterocycles. The minimum atomic E-state index is -0.133. The van der Waals surface area contributed by atoms with Crippen LogP contribution in [0.5, 0.6) is 0 Å². The molecule has 1 aliphatic carbocycles. The molecule has 106 valence electrons. The van der Waals surface area contributed by atoms with Crippen LogP contribution in [0.4, 0.5) is 0 Å². The molecular formula is C15H29NO2. The van der Waals surface area contributed by atoms with Crippen LogP contribution < -0.4 is 0 Å². The molecule has 0 radical (unpaired) electrons. The lowest BCUT2D eigenvalue weighted by Gasteiger charge is -2.42. The minimum absolute atomic E-state index is 0.130. The molecule has 2 N–H and O–H groups in total. The fourth-order valence-corrected chi connectivity index (χ4v) is 3.86. The van der Waals surface area contributed by atoms with Gasteiger partial charge in [-0.2, -0.15) is 0 Å². The van der Waals surface area contributed by atoms with Crippen LogP contribution in [0.25, 0.3) is 0 Å². The monoisotopic (exact) mass is 255 g/mol. The van der Waals surface area contributed by atoms with Crippen LogP contribution in [-0.2, 0) is 0 Å². The first-order valence-electron chi connectivity index (χ1n) is 7.55. The number of aliphatic hydroxyl groups excluding tert-OH is 2. The number of aliphatic hydroxyl groups is 2. The minimum Gasteiger partial charge on any atom is -0.393 e. The second-order valence-electron chi connectivity index (χ2n) is 6.88. The van der Waals surface area contributed by atoms with Gasteiger partial charge in [-0.1, -0.05) is 20.8 Å². The highest BCUT2D eigenvalue weighted by molar-refractivity contribution is 4.87. The third-order valence-corrected chi connectivity index (χ3v) is 5.06. The Morgan fingerprint density at radius 3 is 2.33 bits per heavy atom. The molecule has 6 atom stereocenters. The van der Waals surface area contributed by atoms with E-state index in [0.29, 0.717) is 23.7 Å². The van der Waals surface area contributed by atoms with E-state index >= 15 is 0 Å². The standard InChI is InChI=1S/C15H29NO2/c1-10-6-11(2)13(15(18)7-10)9-16-5-4-14(17)12(3)8-16/h10-15,17-18H,4-9H2,1-3H3. The van der Waals surface area contributed by atoms with Crippen LogP contribution in [0, 0.1) is 23.7 Å². The average Bonchev–Trinajstić information content (AvgIpc) is 2.28. The highest BCUT2D eigenvalue weighted by Crippen LogP contribution is 2.34. The van der Waals surface area contributed by atoms with E-state index in [-0.39, 0.29) is 12.2 Å². The molecule has 3 nitrogen and oxygen atoms in total. The van der Waals surface area contributed by atoms with E-state index in [1.807, 2.05) is 0 Å². The van der Waals surface area contributed by atoms with Crippen LogP contribution >= 0.6 is 0 Å². The summed E-state index contributed by atoms with van der Waals surface area (Å²) in [5, 5.41) is 20.0. The number of rotatable bonds is 2. The van der Waals surface area contributed by atoms with Crippen LogP contribution in [0.2, 0.25) is 0 Å². The van der Waals surface area contributed by atoms with Crippen molar-refractivity contribution in [1.29, 1.82) is 0 Å². The van der Waals surface area contributed by atoms with Crippen LogP contribution in [-0.4, -0.2) is 47.0 Å². The largest absolute Gasteiger partial charge is 0.393 e. The van der Waals surface area contributed by atoms with Crippen molar-refractivity contribution >= 4 is 0 Å². The van der Waals surface area contributed by atoms with Crippen LogP contribution in [0.3, 0.4) is 0 Å². The molecule has 1 heterocycles. The number of likely N-dealkylation sites (tertiary alicyclic amines) is 1. The zero-order chi connectivity index (χ0) is 13.3. The Bertz CT molecular complexity index is 259. The van der Waals surface area contributed by atoms with Crippen molar-refractivity contribution in [2.24, 2.45) is 23.7 Å². The molecule has 1 saturated carbocycles. The third kappa shape index (κ3) is 3.25. The molecule has 0 bridgehead atoms. The fraction of sp³-hybridized carbons (Fsp3) is 1.00. The van der Waals surface area contributed by atoms with Gasteiger partial charge in [-0.05, 0) is 37.0 Å². The molecule has 2 rings (SSSR count). The maximum absolute atomic E-state index is 10.3. The van der Waals surface area contributed by atoms with Gasteiger partial charge in [0.15, 0.2) is 0 Å². The summed E-state index contributed by atoms with van der Waals surface area (Å²) in [5.41, 5.74) is 0. The summed E-state index contributed by atoms with van der Waals surface area (Å²) in [6.07, 6.45) is 2.82. The SMILES string of the molecule is CC1CC(C)C(CN2CCC(O)C(C)C2)C(O)C1. The second-order valence-corrected chi connectivity index (χ2v) is 6.88. The van der Waals surface area contributed by atoms with Gasteiger partial charge in [0.25, 0.3) is 0 Å². The van der Waals surface area contributed by atoms with E-state index < -0.39 is 0 Å². The van der Waals surface area contributed by atoms with Crippen molar-refractivity contribution in [2.75, 3.05) is 19.6 Å². The predicted molar refractivity (Wildman–Crippen MR) is 73.3 cm³/mol. The fourth-order valence-electron chi connectivity index (χ4n) is 3.86. The van der Waals surface area contributed by atoms with Gasteiger partial charge in [-0.3, -0.25) is 0 Å². The lowest BCUT2D eigenvalue weighted by atomic mass is 9.73. The number of hydrogen-bond donors (Lipinski definition) is 2. The van der Waals surface area contributed by atoms with Crippen molar-refractivity contribution in [3.63, 3.8) is 0 Å². The molecule has 0 amide bonds. The Morgan fingerprint density at radius 1 is 1.00 bits per heavy atom. The third-order valence-electron chi connectivity index (χ3n) is 5.06. The summed E-state index contributed by atoms with van der Waals surface area (Å²) < 4.78 is 0. The first kappa shape index (κ1) is 14.3. The number of hydrogen-bond acceptors (Lipinski definition) is 3. The Kier molecular flexibility index (Phi) is 4.68. The zero-order valence-corrected chi connectivity index (χ0v) is 12.0. The quantitative estimate of drug-likeness (QED) is 0.790. The molecule has 1 saturated heterocycles. The maximum Gasteiger partial charge on any atom is 0.0590 e. The smallest absolute Gasteiger partial charge is 0.0590 e. The molecule has 18 heavy (non-hydrogen) atoms. The summed E-state index contributed by atoms with van der Waals surface area (Å²) in [5.74, 6) is 2.07. The van der Waals surface area contributed by atoms with Gasteiger partial charge in [-0.15, -0.1) is 0 Å². The Morgan fingerprint density at radius 2 is 1.72 bits per heavy atom. The Hall–Kier alpha value is -0.120. The van der Waals surface area contributed by atoms with E-state index in [1.54, 1.807) is 0 Å². The van der Waals surface area contributed by atoms with E-state index in [1.165, 1.54) is 6.42 Å². The first-order valence-corrected chi connectivity index (χ1v) is 7.55. The van der Waals surface area contributed by atoms with Gasteiger partial charge in [0.1, 0.15) is 0 Å². The van der Waals surface area contributed by atoms with E-state index in [0.717, 1.165) is 32.5 Å². The summed E-state index contributed by atoms with van der Waals surface area (Å²) in [6.45, 7) is 9.62. The molecule has 0 aromatic rings. The molecule has 3 heteroatoms. The molecular weight excluding hydrogens is 226 g/mol. The van der Waals surface area contributed by atoms with Gasteiger partial charge < -0.3 is 15.1 Å². The highest BCUT2D eigenvalue weighted by Gasteiger charge is 2.35. The number of nitrogens with zero attached hydrogens (tertiary/aromatic N) is 1. The predicted octanol–water partition coefficient (Wildman–Crippen LogP) is 1.73. The molecule has 6 unspecified atom stereocenters. The Balaban J connectivity index is 1.88. The van der Waals surface area contributed by atoms with Crippen molar-refractivity contribution in [2.45, 2.75) is 52.2 Å².